The van der Waals surface area contributed by atoms with E-state index in [1.54, 1.807) is 24.5 Å². The van der Waals surface area contributed by atoms with Gasteiger partial charge in [-0.15, -0.1) is 0 Å². The highest BCUT2D eigenvalue weighted by molar-refractivity contribution is 5.90. The summed E-state index contributed by atoms with van der Waals surface area (Å²) in [5.41, 5.74) is 2.89. The predicted molar refractivity (Wildman–Crippen MR) is 73.7 cm³/mol. The second-order valence-corrected chi connectivity index (χ2v) is 4.41. The quantitative estimate of drug-likeness (QED) is 0.719. The largest absolute Gasteiger partial charge is 0.349 e. The number of aromatic nitrogens is 2. The maximum absolute atomic E-state index is 11.8. The molecule has 1 aromatic carbocycles. The number of nitrogens with zero attached hydrogens (tertiary/aromatic N) is 2. The van der Waals surface area contributed by atoms with Crippen molar-refractivity contribution in [3.8, 4) is 17.2 Å². The van der Waals surface area contributed by atoms with Crippen LogP contribution in [0.1, 0.15) is 5.56 Å². The standard InChI is InChI=1S/C15H11N3O/c1-18-9-11(8-16)13-7-10(4-5-14(13)18)12-3-2-6-17-15(12)19/h2-7,9H,1H3,(H,17,19). The number of hydrogen-bond acceptors (Lipinski definition) is 2. The van der Waals surface area contributed by atoms with E-state index in [-0.39, 0.29) is 5.56 Å². The van der Waals surface area contributed by atoms with E-state index < -0.39 is 0 Å². The molecule has 0 unspecified atom stereocenters. The van der Waals surface area contributed by atoms with Gasteiger partial charge in [-0.2, -0.15) is 5.26 Å². The van der Waals surface area contributed by atoms with Crippen molar-refractivity contribution in [2.45, 2.75) is 0 Å². The molecule has 3 rings (SSSR count). The number of hydrogen-bond donors (Lipinski definition) is 1. The third-order valence-electron chi connectivity index (χ3n) is 3.24. The molecule has 0 radical (unpaired) electrons. The fraction of sp³-hybridized carbons (Fsp3) is 0.0667. The van der Waals surface area contributed by atoms with E-state index in [9.17, 15) is 4.79 Å². The zero-order valence-corrected chi connectivity index (χ0v) is 10.3. The van der Waals surface area contributed by atoms with Gasteiger partial charge in [0.05, 0.1) is 5.56 Å². The van der Waals surface area contributed by atoms with Crippen molar-refractivity contribution in [3.63, 3.8) is 0 Å². The maximum Gasteiger partial charge on any atom is 0.255 e. The van der Waals surface area contributed by atoms with E-state index in [1.165, 1.54) is 0 Å². The Morgan fingerprint density at radius 2 is 2.16 bits per heavy atom. The highest BCUT2D eigenvalue weighted by Gasteiger charge is 2.09. The first-order valence-electron chi connectivity index (χ1n) is 5.88. The molecule has 0 saturated heterocycles. The molecule has 0 bridgehead atoms. The Labute approximate surface area is 109 Å². The molecule has 1 N–H and O–H groups in total. The van der Waals surface area contributed by atoms with Crippen LogP contribution in [-0.2, 0) is 7.05 Å². The van der Waals surface area contributed by atoms with Crippen LogP contribution in [-0.4, -0.2) is 9.55 Å². The third-order valence-corrected chi connectivity index (χ3v) is 3.24. The number of H-pyrrole nitrogens is 1. The number of aromatic amines is 1. The molecule has 0 aliphatic rings. The minimum absolute atomic E-state index is 0.128. The summed E-state index contributed by atoms with van der Waals surface area (Å²) in [6.07, 6.45) is 3.40. The molecule has 0 fully saturated rings. The van der Waals surface area contributed by atoms with Crippen molar-refractivity contribution >= 4 is 10.9 Å². The van der Waals surface area contributed by atoms with Gasteiger partial charge in [0.15, 0.2) is 0 Å². The van der Waals surface area contributed by atoms with E-state index in [0.717, 1.165) is 16.5 Å². The van der Waals surface area contributed by atoms with Crippen molar-refractivity contribution in [2.24, 2.45) is 7.05 Å². The Balaban J connectivity index is 2.31. The van der Waals surface area contributed by atoms with Gasteiger partial charge in [0.25, 0.3) is 5.56 Å². The average molecular weight is 249 g/mol. The lowest BCUT2D eigenvalue weighted by Gasteiger charge is -2.02. The van der Waals surface area contributed by atoms with Crippen LogP contribution in [0.3, 0.4) is 0 Å². The smallest absolute Gasteiger partial charge is 0.255 e. The molecule has 4 heteroatoms. The van der Waals surface area contributed by atoms with Crippen molar-refractivity contribution < 1.29 is 0 Å². The Morgan fingerprint density at radius 3 is 2.89 bits per heavy atom. The molecule has 0 saturated carbocycles. The Morgan fingerprint density at radius 1 is 1.32 bits per heavy atom. The molecule has 2 heterocycles. The molecule has 3 aromatic rings. The molecule has 2 aromatic heterocycles. The monoisotopic (exact) mass is 249 g/mol. The van der Waals surface area contributed by atoms with Crippen LogP contribution in [0.4, 0.5) is 0 Å². The lowest BCUT2D eigenvalue weighted by atomic mass is 10.0. The highest BCUT2D eigenvalue weighted by Crippen LogP contribution is 2.25. The first-order chi connectivity index (χ1) is 9.20. The number of benzene rings is 1. The molecule has 4 nitrogen and oxygen atoms in total. The van der Waals surface area contributed by atoms with Gasteiger partial charge in [-0.1, -0.05) is 6.07 Å². The van der Waals surface area contributed by atoms with Crippen molar-refractivity contribution in [1.29, 1.82) is 5.26 Å². The zero-order chi connectivity index (χ0) is 13.4. The molecule has 19 heavy (non-hydrogen) atoms. The molecule has 0 aliphatic carbocycles. The number of nitrogens with one attached hydrogen (secondary N) is 1. The highest BCUT2D eigenvalue weighted by atomic mass is 16.1. The molecular weight excluding hydrogens is 238 g/mol. The van der Waals surface area contributed by atoms with Crippen molar-refractivity contribution in [1.82, 2.24) is 9.55 Å². The second kappa shape index (κ2) is 4.14. The summed E-state index contributed by atoms with van der Waals surface area (Å²) in [4.78, 5) is 14.4. The first kappa shape index (κ1) is 11.3. The number of nitriles is 1. The Hall–Kier alpha value is -2.80. The van der Waals surface area contributed by atoms with Gasteiger partial charge in [-0.25, -0.2) is 0 Å². The summed E-state index contributed by atoms with van der Waals surface area (Å²) in [5.74, 6) is 0. The van der Waals surface area contributed by atoms with Crippen LogP contribution in [0.25, 0.3) is 22.0 Å². The summed E-state index contributed by atoms with van der Waals surface area (Å²) in [6.45, 7) is 0. The minimum Gasteiger partial charge on any atom is -0.349 e. The van der Waals surface area contributed by atoms with Gasteiger partial charge in [-0.05, 0) is 29.8 Å². The topological polar surface area (TPSA) is 61.6 Å². The summed E-state index contributed by atoms with van der Waals surface area (Å²) >= 11 is 0. The first-order valence-corrected chi connectivity index (χ1v) is 5.88. The van der Waals surface area contributed by atoms with Gasteiger partial charge in [0.2, 0.25) is 0 Å². The number of rotatable bonds is 1. The van der Waals surface area contributed by atoms with Gasteiger partial charge < -0.3 is 9.55 Å². The number of fused-ring (bicyclic) bond motifs is 1. The van der Waals surface area contributed by atoms with Crippen LogP contribution < -0.4 is 5.56 Å². The molecule has 0 spiro atoms. The lowest BCUT2D eigenvalue weighted by molar-refractivity contribution is 0.967. The molecule has 0 atom stereocenters. The fourth-order valence-corrected chi connectivity index (χ4v) is 2.30. The van der Waals surface area contributed by atoms with Gasteiger partial charge in [0, 0.05) is 35.9 Å². The van der Waals surface area contributed by atoms with E-state index in [0.29, 0.717) is 11.1 Å². The van der Waals surface area contributed by atoms with Crippen molar-refractivity contribution in [3.05, 3.63) is 58.6 Å². The minimum atomic E-state index is -0.128. The van der Waals surface area contributed by atoms with Crippen LogP contribution in [0.5, 0.6) is 0 Å². The molecule has 0 amide bonds. The molecule has 92 valence electrons. The van der Waals surface area contributed by atoms with Crippen molar-refractivity contribution in [2.75, 3.05) is 0 Å². The summed E-state index contributed by atoms with van der Waals surface area (Å²) in [6, 6.07) is 11.5. The SMILES string of the molecule is Cn1cc(C#N)c2cc(-c3ccc[nH]c3=O)ccc21. The Kier molecular flexibility index (Phi) is 2.46. The average Bonchev–Trinajstić information content (AvgIpc) is 2.75. The zero-order valence-electron chi connectivity index (χ0n) is 10.3. The van der Waals surface area contributed by atoms with Gasteiger partial charge in [0.1, 0.15) is 6.07 Å². The van der Waals surface area contributed by atoms with E-state index in [4.69, 9.17) is 5.26 Å². The van der Waals surface area contributed by atoms with Gasteiger partial charge >= 0.3 is 0 Å². The number of aryl methyl sites for hydroxylation is 1. The van der Waals surface area contributed by atoms with Crippen LogP contribution in [0.15, 0.2) is 47.5 Å². The van der Waals surface area contributed by atoms with Crippen LogP contribution in [0.2, 0.25) is 0 Å². The van der Waals surface area contributed by atoms with E-state index in [1.807, 2.05) is 29.8 Å². The van der Waals surface area contributed by atoms with E-state index in [2.05, 4.69) is 11.1 Å². The normalized spacial score (nSPS) is 10.5. The Bertz CT molecular complexity index is 865. The maximum atomic E-state index is 11.8. The van der Waals surface area contributed by atoms with Gasteiger partial charge in [-0.3, -0.25) is 4.79 Å². The summed E-state index contributed by atoms with van der Waals surface area (Å²) < 4.78 is 1.91. The molecular formula is C15H11N3O. The van der Waals surface area contributed by atoms with Crippen LogP contribution in [0, 0.1) is 11.3 Å². The fourth-order valence-electron chi connectivity index (χ4n) is 2.30. The molecule has 0 aliphatic heterocycles. The predicted octanol–water partition coefficient (Wildman–Crippen LogP) is 2.41. The summed E-state index contributed by atoms with van der Waals surface area (Å²) in [5, 5.41) is 10.0. The number of pyridine rings is 1. The lowest BCUT2D eigenvalue weighted by Crippen LogP contribution is -2.06. The summed E-state index contributed by atoms with van der Waals surface area (Å²) in [7, 11) is 1.90. The third kappa shape index (κ3) is 1.72. The van der Waals surface area contributed by atoms with E-state index >= 15 is 0 Å². The second-order valence-electron chi connectivity index (χ2n) is 4.41. The van der Waals surface area contributed by atoms with Crippen LogP contribution >= 0.6 is 0 Å².